The van der Waals surface area contributed by atoms with Crippen molar-refractivity contribution >= 4 is 15.9 Å². The molecule has 3 rings (SSSR count). The van der Waals surface area contributed by atoms with Crippen LogP contribution in [0, 0.1) is 11.6 Å². The van der Waals surface area contributed by atoms with Gasteiger partial charge in [0.25, 0.3) is 0 Å². The van der Waals surface area contributed by atoms with Crippen LogP contribution in [0.25, 0.3) is 0 Å². The van der Waals surface area contributed by atoms with Crippen LogP contribution in [0.3, 0.4) is 0 Å². The van der Waals surface area contributed by atoms with Gasteiger partial charge in [0.05, 0.1) is 4.47 Å². The largest absolute Gasteiger partial charge is 0.344 e. The second kappa shape index (κ2) is 4.34. The summed E-state index contributed by atoms with van der Waals surface area (Å²) in [6.07, 6.45) is 0.627. The third-order valence-electron chi connectivity index (χ3n) is 3.75. The molecule has 0 radical (unpaired) electrons. The van der Waals surface area contributed by atoms with Gasteiger partial charge in [0.15, 0.2) is 0 Å². The number of hydrogen-bond donors (Lipinski definition) is 1. The minimum absolute atomic E-state index is 0.164. The zero-order valence-electron chi connectivity index (χ0n) is 10.4. The van der Waals surface area contributed by atoms with Crippen molar-refractivity contribution in [3.8, 4) is 0 Å². The Labute approximate surface area is 118 Å². The van der Waals surface area contributed by atoms with Crippen LogP contribution in [0.2, 0.25) is 0 Å². The van der Waals surface area contributed by atoms with Crippen LogP contribution < -0.4 is 5.32 Å². The van der Waals surface area contributed by atoms with Gasteiger partial charge in [-0.1, -0.05) is 6.58 Å². The lowest BCUT2D eigenvalue weighted by Gasteiger charge is -2.17. The van der Waals surface area contributed by atoms with E-state index in [1.165, 1.54) is 12.1 Å². The van der Waals surface area contributed by atoms with Crippen molar-refractivity contribution in [1.82, 2.24) is 10.2 Å². The predicted molar refractivity (Wildman–Crippen MR) is 73.1 cm³/mol. The zero-order valence-corrected chi connectivity index (χ0v) is 12.0. The highest BCUT2D eigenvalue weighted by Crippen LogP contribution is 2.42. The number of nitrogens with zero attached hydrogens (tertiary/aromatic N) is 1. The van der Waals surface area contributed by atoms with Crippen LogP contribution in [-0.2, 0) is 0 Å². The topological polar surface area (TPSA) is 15.3 Å². The number of hydrogen-bond acceptors (Lipinski definition) is 2. The maximum Gasteiger partial charge on any atom is 0.143 e. The van der Waals surface area contributed by atoms with Gasteiger partial charge in [-0.3, -0.25) is 0 Å². The van der Waals surface area contributed by atoms with Gasteiger partial charge < -0.3 is 10.2 Å². The van der Waals surface area contributed by atoms with E-state index < -0.39 is 11.6 Å². The summed E-state index contributed by atoms with van der Waals surface area (Å²) in [6.45, 7) is 6.43. The first-order valence-electron chi connectivity index (χ1n) is 6.05. The van der Waals surface area contributed by atoms with Crippen molar-refractivity contribution in [3.05, 3.63) is 57.6 Å². The van der Waals surface area contributed by atoms with Crippen molar-refractivity contribution in [2.45, 2.75) is 19.3 Å². The van der Waals surface area contributed by atoms with Crippen LogP contribution in [0.1, 0.15) is 24.8 Å². The van der Waals surface area contributed by atoms with Crippen molar-refractivity contribution in [1.29, 1.82) is 0 Å². The molecular formula is C14H13BrF2N2. The Morgan fingerprint density at radius 2 is 2.16 bits per heavy atom. The second-order valence-electron chi connectivity index (χ2n) is 4.91. The molecule has 2 aliphatic rings. The van der Waals surface area contributed by atoms with E-state index in [-0.39, 0.29) is 11.5 Å². The molecule has 0 amide bonds. The maximum atomic E-state index is 14.1. The molecular weight excluding hydrogens is 314 g/mol. The van der Waals surface area contributed by atoms with Crippen LogP contribution in [0.4, 0.5) is 8.78 Å². The van der Waals surface area contributed by atoms with E-state index in [9.17, 15) is 8.78 Å². The Hall–Kier alpha value is -1.36. The number of benzene rings is 1. The third-order valence-corrected chi connectivity index (χ3v) is 4.36. The number of fused-ring (bicyclic) bond motifs is 1. The number of nitrogens with one attached hydrogen (secondary N) is 1. The smallest absolute Gasteiger partial charge is 0.143 e. The van der Waals surface area contributed by atoms with Crippen LogP contribution in [0.15, 0.2) is 40.4 Å². The Morgan fingerprint density at radius 3 is 2.84 bits per heavy atom. The van der Waals surface area contributed by atoms with E-state index in [0.29, 0.717) is 17.4 Å². The maximum absolute atomic E-state index is 14.1. The van der Waals surface area contributed by atoms with Gasteiger partial charge in [-0.05, 0) is 41.4 Å². The quantitative estimate of drug-likeness (QED) is 0.789. The van der Waals surface area contributed by atoms with Crippen LogP contribution in [-0.4, -0.2) is 11.4 Å². The van der Waals surface area contributed by atoms with Gasteiger partial charge in [0.1, 0.15) is 17.5 Å². The minimum atomic E-state index is -0.497. The Bertz CT molecular complexity index is 610. The lowest BCUT2D eigenvalue weighted by molar-refractivity contribution is 0.460. The third kappa shape index (κ3) is 1.87. The van der Waals surface area contributed by atoms with Gasteiger partial charge >= 0.3 is 0 Å². The summed E-state index contributed by atoms with van der Waals surface area (Å²) in [5.41, 5.74) is 2.26. The Morgan fingerprint density at radius 1 is 1.42 bits per heavy atom. The number of allylic oxidation sites excluding steroid dienone is 2. The molecule has 2 aliphatic heterocycles. The first-order valence-corrected chi connectivity index (χ1v) is 6.85. The van der Waals surface area contributed by atoms with E-state index in [1.807, 2.05) is 11.8 Å². The lowest BCUT2D eigenvalue weighted by Crippen LogP contribution is -2.20. The predicted octanol–water partition coefficient (Wildman–Crippen LogP) is 3.82. The highest BCUT2D eigenvalue weighted by Gasteiger charge is 2.37. The molecule has 2 nitrogen and oxygen atoms in total. The molecule has 0 unspecified atom stereocenters. The molecule has 5 heteroatoms. The number of rotatable bonds is 1. The Balaban J connectivity index is 2.01. The fourth-order valence-electron chi connectivity index (χ4n) is 2.83. The van der Waals surface area contributed by atoms with E-state index >= 15 is 0 Å². The van der Waals surface area contributed by atoms with Crippen molar-refractivity contribution in [2.75, 3.05) is 6.54 Å². The molecule has 19 heavy (non-hydrogen) atoms. The molecule has 0 saturated carbocycles. The zero-order chi connectivity index (χ0) is 13.7. The monoisotopic (exact) mass is 326 g/mol. The Kier molecular flexibility index (Phi) is 2.89. The van der Waals surface area contributed by atoms with Gasteiger partial charge in [-0.25, -0.2) is 8.78 Å². The fourth-order valence-corrected chi connectivity index (χ4v) is 3.18. The van der Waals surface area contributed by atoms with Crippen LogP contribution in [0.5, 0.6) is 0 Å². The van der Waals surface area contributed by atoms with Gasteiger partial charge in [0.2, 0.25) is 0 Å². The van der Waals surface area contributed by atoms with E-state index in [0.717, 1.165) is 17.2 Å². The average molecular weight is 327 g/mol. The van der Waals surface area contributed by atoms with E-state index in [2.05, 4.69) is 27.8 Å². The summed E-state index contributed by atoms with van der Waals surface area (Å²) < 4.78 is 28.3. The van der Waals surface area contributed by atoms with Crippen LogP contribution >= 0.6 is 15.9 Å². The van der Waals surface area contributed by atoms with Crippen molar-refractivity contribution in [2.24, 2.45) is 0 Å². The molecule has 0 bridgehead atoms. The molecule has 1 atom stereocenters. The molecule has 0 aliphatic carbocycles. The van der Waals surface area contributed by atoms with Crippen molar-refractivity contribution < 1.29 is 8.78 Å². The summed E-state index contributed by atoms with van der Waals surface area (Å²) in [5, 5.41) is 3.15. The average Bonchev–Trinajstić information content (AvgIpc) is 2.88. The highest BCUT2D eigenvalue weighted by molar-refractivity contribution is 9.10. The first kappa shape index (κ1) is 12.7. The summed E-state index contributed by atoms with van der Waals surface area (Å²) in [6, 6.07) is 2.70. The van der Waals surface area contributed by atoms with Gasteiger partial charge in [-0.15, -0.1) is 0 Å². The molecule has 1 aromatic carbocycles. The fraction of sp³-hybridized carbons (Fsp3) is 0.286. The lowest BCUT2D eigenvalue weighted by atomic mass is 9.96. The molecule has 1 saturated heterocycles. The number of halogens is 3. The van der Waals surface area contributed by atoms with E-state index in [1.54, 1.807) is 0 Å². The minimum Gasteiger partial charge on any atom is -0.344 e. The van der Waals surface area contributed by atoms with Gasteiger partial charge in [0, 0.05) is 29.4 Å². The van der Waals surface area contributed by atoms with E-state index in [4.69, 9.17) is 0 Å². The molecule has 1 aromatic rings. The summed E-state index contributed by atoms with van der Waals surface area (Å²) in [5.74, 6) is -0.376. The normalized spacial score (nSPS) is 22.0. The SMILES string of the molecule is C=C1NC(C)=C2C[C@@H](c3c(F)ccc(Br)c3F)CN12. The molecule has 1 fully saturated rings. The van der Waals surface area contributed by atoms with Crippen molar-refractivity contribution in [3.63, 3.8) is 0 Å². The molecule has 100 valence electrons. The van der Waals surface area contributed by atoms with Gasteiger partial charge in [-0.2, -0.15) is 0 Å². The molecule has 1 N–H and O–H groups in total. The highest BCUT2D eigenvalue weighted by atomic mass is 79.9. The molecule has 0 aromatic heterocycles. The molecule has 2 heterocycles. The summed E-state index contributed by atoms with van der Waals surface area (Å²) in [7, 11) is 0. The summed E-state index contributed by atoms with van der Waals surface area (Å²) in [4.78, 5) is 2.00. The summed E-state index contributed by atoms with van der Waals surface area (Å²) >= 11 is 3.12. The molecule has 0 spiro atoms. The second-order valence-corrected chi connectivity index (χ2v) is 5.77. The first-order chi connectivity index (χ1) is 8.99. The standard InChI is InChI=1S/C14H13BrF2N2/c1-7-12-5-9(6-19(12)8(2)18-7)13-11(16)4-3-10(15)14(13)17/h3-4,9,18H,2,5-6H2,1H3/t9-/m1/s1.